The lowest BCUT2D eigenvalue weighted by molar-refractivity contribution is -0.147. The molecule has 2 aromatic heterocycles. The maximum atomic E-state index is 15.6. The first kappa shape index (κ1) is 35.7. The zero-order chi connectivity index (χ0) is 37.7. The van der Waals surface area contributed by atoms with Gasteiger partial charge in [-0.25, -0.2) is 18.7 Å². The zero-order valence-corrected chi connectivity index (χ0v) is 30.1. The second kappa shape index (κ2) is 14.5. The number of carbonyl (C=O) groups excluding carboxylic acids is 1. The van der Waals surface area contributed by atoms with Gasteiger partial charge in [-0.1, -0.05) is 30.3 Å². The van der Waals surface area contributed by atoms with Gasteiger partial charge < -0.3 is 23.8 Å². The molecule has 9 nitrogen and oxygen atoms in total. The molecule has 0 radical (unpaired) electrons. The highest BCUT2D eigenvalue weighted by molar-refractivity contribution is 5.87. The molecule has 0 spiro atoms. The van der Waals surface area contributed by atoms with E-state index < -0.39 is 30.3 Å². The van der Waals surface area contributed by atoms with E-state index in [9.17, 15) is 13.6 Å². The maximum absolute atomic E-state index is 15.6. The predicted octanol–water partition coefficient (Wildman–Crippen LogP) is 8.60. The quantitative estimate of drug-likeness (QED) is 0.110. The molecule has 0 unspecified atom stereocenters. The van der Waals surface area contributed by atoms with Crippen molar-refractivity contribution < 1.29 is 36.2 Å². The summed E-state index contributed by atoms with van der Waals surface area (Å²) in [5.41, 5.74) is 6.60. The second-order valence-corrected chi connectivity index (χ2v) is 14.0. The molecule has 1 atom stereocenters. The summed E-state index contributed by atoms with van der Waals surface area (Å²) in [6.07, 6.45) is 3.59. The Kier molecular flexibility index (Phi) is 9.61. The molecule has 2 fully saturated rings. The largest absolute Gasteiger partial charge is 0.460 e. The summed E-state index contributed by atoms with van der Waals surface area (Å²) in [4.78, 5) is 24.2. The molecule has 4 heterocycles. The summed E-state index contributed by atoms with van der Waals surface area (Å²) in [5, 5.41) is 3.07. The Hall–Kier alpha value is -5.27. The number of rotatable bonds is 10. The third-order valence-electron chi connectivity index (χ3n) is 10.6. The first-order chi connectivity index (χ1) is 26.1. The van der Waals surface area contributed by atoms with E-state index in [1.165, 1.54) is 12.1 Å². The van der Waals surface area contributed by atoms with Crippen LogP contribution in [0.3, 0.4) is 0 Å². The molecule has 2 aliphatic heterocycles. The van der Waals surface area contributed by atoms with E-state index in [0.29, 0.717) is 47.5 Å². The van der Waals surface area contributed by atoms with E-state index in [2.05, 4.69) is 10.2 Å². The number of aryl methyl sites for hydroxylation is 1. The van der Waals surface area contributed by atoms with Crippen LogP contribution in [0.25, 0.3) is 56.1 Å². The number of benzene rings is 4. The number of halogens is 4. The monoisotopic (exact) mass is 741 g/mol. The van der Waals surface area contributed by atoms with Crippen molar-refractivity contribution in [1.29, 1.82) is 0 Å². The van der Waals surface area contributed by atoms with Crippen LogP contribution >= 0.6 is 0 Å². The van der Waals surface area contributed by atoms with Crippen LogP contribution in [0.4, 0.5) is 17.6 Å². The number of nitrogens with zero attached hydrogens (tertiary/aromatic N) is 4. The summed E-state index contributed by atoms with van der Waals surface area (Å²) in [6, 6.07) is 15.6. The van der Waals surface area contributed by atoms with Gasteiger partial charge in [0.05, 0.1) is 5.52 Å². The first-order valence-corrected chi connectivity index (χ1v) is 18.1. The van der Waals surface area contributed by atoms with Gasteiger partial charge in [0.25, 0.3) is 0 Å². The summed E-state index contributed by atoms with van der Waals surface area (Å²) in [5.74, 6) is -1.59. The number of imidazole rings is 1. The fourth-order valence-electron chi connectivity index (χ4n) is 7.79. The molecular weight excluding hydrogens is 702 g/mol. The van der Waals surface area contributed by atoms with Crippen molar-refractivity contribution in [3.05, 3.63) is 88.5 Å². The van der Waals surface area contributed by atoms with Crippen LogP contribution < -0.4 is 10.1 Å². The molecule has 0 saturated carbocycles. The number of likely N-dealkylation sites (tertiary alicyclic amines) is 1. The van der Waals surface area contributed by atoms with Gasteiger partial charge in [0.15, 0.2) is 17.2 Å². The molecule has 2 aliphatic rings. The standard InChI is InChI=1S/C41H39F4N5O4/c1-22-26(9-6-11-28(22)38-47-32-17-24(20-50-15-4-5-16-50)35(42)36(43)37(32)49(38)3)27-10-7-12-29(23(27)2)39-48-31-18-25(21-52-40(51)30-13-8-14-46-30)33(54-41(44)45)19-34(31)53-39/h6-7,9-12,17-19,30,41,46H,4-5,8,13-16,20-21H2,1-3H3/t30-/m0/s1. The van der Waals surface area contributed by atoms with Gasteiger partial charge in [0.1, 0.15) is 35.3 Å². The Bertz CT molecular complexity index is 2400. The van der Waals surface area contributed by atoms with Crippen LogP contribution in [-0.2, 0) is 29.7 Å². The first-order valence-electron chi connectivity index (χ1n) is 18.1. The van der Waals surface area contributed by atoms with E-state index in [-0.39, 0.29) is 34.9 Å². The Morgan fingerprint density at radius 3 is 2.30 bits per heavy atom. The number of fused-ring (bicyclic) bond motifs is 2. The SMILES string of the molecule is Cc1c(-c2nc3cc(COC(=O)[C@@H]4CCCN4)c(OC(F)F)cc3o2)cccc1-c1cccc(-c2nc3cc(CN4CCCC4)c(F)c(F)c3n2C)c1C. The Labute approximate surface area is 308 Å². The highest BCUT2D eigenvalue weighted by Crippen LogP contribution is 2.39. The van der Waals surface area contributed by atoms with Crippen LogP contribution in [0.1, 0.15) is 47.9 Å². The van der Waals surface area contributed by atoms with Gasteiger partial charge in [-0.05, 0) is 99.6 Å². The van der Waals surface area contributed by atoms with Crippen molar-refractivity contribution in [1.82, 2.24) is 24.8 Å². The minimum atomic E-state index is -3.10. The van der Waals surface area contributed by atoms with Crippen molar-refractivity contribution in [2.45, 2.75) is 65.3 Å². The fourth-order valence-corrected chi connectivity index (χ4v) is 7.79. The number of hydrogen-bond acceptors (Lipinski definition) is 8. The van der Waals surface area contributed by atoms with Crippen LogP contribution in [0, 0.1) is 25.5 Å². The topological polar surface area (TPSA) is 94.7 Å². The predicted molar refractivity (Wildman–Crippen MR) is 196 cm³/mol. The van der Waals surface area contributed by atoms with E-state index in [1.807, 2.05) is 50.2 Å². The third-order valence-corrected chi connectivity index (χ3v) is 10.6. The fraction of sp³-hybridized carbons (Fsp3) is 0.341. The molecular formula is C41H39F4N5O4. The summed E-state index contributed by atoms with van der Waals surface area (Å²) in [6.45, 7) is 3.31. The molecule has 4 aromatic carbocycles. The van der Waals surface area contributed by atoms with Crippen LogP contribution in [0.5, 0.6) is 5.75 Å². The highest BCUT2D eigenvalue weighted by atomic mass is 19.3. The maximum Gasteiger partial charge on any atom is 0.387 e. The van der Waals surface area contributed by atoms with Gasteiger partial charge in [-0.3, -0.25) is 9.69 Å². The summed E-state index contributed by atoms with van der Waals surface area (Å²) in [7, 11) is 1.69. The van der Waals surface area contributed by atoms with E-state index in [4.69, 9.17) is 23.9 Å². The average molecular weight is 742 g/mol. The minimum Gasteiger partial charge on any atom is -0.460 e. The molecule has 8 rings (SSSR count). The van der Waals surface area contributed by atoms with Crippen molar-refractivity contribution in [2.75, 3.05) is 19.6 Å². The third kappa shape index (κ3) is 6.59. The smallest absolute Gasteiger partial charge is 0.387 e. The van der Waals surface area contributed by atoms with Crippen molar-refractivity contribution in [3.8, 4) is 39.7 Å². The number of carbonyl (C=O) groups is 1. The van der Waals surface area contributed by atoms with Crippen LogP contribution in [0.2, 0.25) is 0 Å². The number of ether oxygens (including phenoxy) is 2. The molecule has 0 bridgehead atoms. The molecule has 1 N–H and O–H groups in total. The molecule has 54 heavy (non-hydrogen) atoms. The normalized spacial score (nSPS) is 16.3. The Balaban J connectivity index is 1.13. The number of esters is 1. The van der Waals surface area contributed by atoms with Gasteiger partial charge in [0.2, 0.25) is 5.89 Å². The van der Waals surface area contributed by atoms with Gasteiger partial charge >= 0.3 is 12.6 Å². The zero-order valence-electron chi connectivity index (χ0n) is 30.1. The molecule has 280 valence electrons. The molecule has 6 aromatic rings. The minimum absolute atomic E-state index is 0.112. The lowest BCUT2D eigenvalue weighted by Gasteiger charge is -2.15. The van der Waals surface area contributed by atoms with Crippen LogP contribution in [0.15, 0.2) is 59.0 Å². The molecule has 0 aliphatic carbocycles. The Morgan fingerprint density at radius 1 is 0.907 bits per heavy atom. The lowest BCUT2D eigenvalue weighted by Crippen LogP contribution is -2.32. The molecule has 0 amide bonds. The number of aromatic nitrogens is 3. The van der Waals surface area contributed by atoms with E-state index >= 15 is 8.78 Å². The van der Waals surface area contributed by atoms with Gasteiger partial charge in [-0.15, -0.1) is 0 Å². The van der Waals surface area contributed by atoms with Crippen LogP contribution in [-0.4, -0.2) is 57.7 Å². The van der Waals surface area contributed by atoms with Crippen molar-refractivity contribution >= 4 is 28.1 Å². The van der Waals surface area contributed by atoms with Gasteiger partial charge in [-0.2, -0.15) is 8.78 Å². The molecule has 2 saturated heterocycles. The highest BCUT2D eigenvalue weighted by Gasteiger charge is 2.26. The van der Waals surface area contributed by atoms with Crippen molar-refractivity contribution in [2.24, 2.45) is 7.05 Å². The van der Waals surface area contributed by atoms with Crippen molar-refractivity contribution in [3.63, 3.8) is 0 Å². The summed E-state index contributed by atoms with van der Waals surface area (Å²) < 4.78 is 75.7. The number of oxazole rings is 1. The average Bonchev–Trinajstić information content (AvgIpc) is 3.98. The van der Waals surface area contributed by atoms with E-state index in [1.54, 1.807) is 17.7 Å². The Morgan fingerprint density at radius 2 is 1.59 bits per heavy atom. The number of nitrogens with one attached hydrogen (secondary N) is 1. The van der Waals surface area contributed by atoms with E-state index in [0.717, 1.165) is 60.2 Å². The summed E-state index contributed by atoms with van der Waals surface area (Å²) >= 11 is 0. The number of alkyl halides is 2. The molecule has 13 heteroatoms. The second-order valence-electron chi connectivity index (χ2n) is 14.0. The number of hydrogen-bond donors (Lipinski definition) is 1. The lowest BCUT2D eigenvalue weighted by atomic mass is 9.91. The van der Waals surface area contributed by atoms with Gasteiger partial charge in [0, 0.05) is 41.9 Å².